The first-order valence-electron chi connectivity index (χ1n) is 6.83. The minimum atomic E-state index is -3.61. The zero-order valence-electron chi connectivity index (χ0n) is 12.0. The number of nitrogens with one attached hydrogen (secondary N) is 1. The van der Waals surface area contributed by atoms with Gasteiger partial charge in [0.2, 0.25) is 5.91 Å². The van der Waals surface area contributed by atoms with Crippen LogP contribution in [0.15, 0.2) is 34.1 Å². The molecule has 9 heteroatoms. The summed E-state index contributed by atoms with van der Waals surface area (Å²) < 4.78 is 28.4. The van der Waals surface area contributed by atoms with Crippen molar-refractivity contribution in [2.75, 3.05) is 11.9 Å². The van der Waals surface area contributed by atoms with Gasteiger partial charge < -0.3 is 5.32 Å². The minimum absolute atomic E-state index is 0.272. The molecule has 2 aromatic heterocycles. The van der Waals surface area contributed by atoms with Gasteiger partial charge >= 0.3 is 0 Å². The van der Waals surface area contributed by atoms with Crippen LogP contribution in [0.3, 0.4) is 0 Å². The largest absolute Gasteiger partial charge is 0.322 e. The fourth-order valence-electron chi connectivity index (χ4n) is 2.53. The third-order valence-corrected chi connectivity index (χ3v) is 6.82. The molecule has 1 fully saturated rings. The molecule has 0 aromatic carbocycles. The van der Waals surface area contributed by atoms with Crippen LogP contribution in [0.5, 0.6) is 0 Å². The fourth-order valence-corrected chi connectivity index (χ4v) is 5.30. The summed E-state index contributed by atoms with van der Waals surface area (Å²) in [6.45, 7) is 0.366. The van der Waals surface area contributed by atoms with Crippen molar-refractivity contribution in [3.63, 3.8) is 0 Å². The maximum absolute atomic E-state index is 12.6. The molecule has 1 aliphatic heterocycles. The van der Waals surface area contributed by atoms with Gasteiger partial charge in [-0.1, -0.05) is 6.07 Å². The lowest BCUT2D eigenvalue weighted by molar-refractivity contribution is -0.119. The zero-order chi connectivity index (χ0) is 15.7. The predicted molar refractivity (Wildman–Crippen MR) is 83.1 cm³/mol. The average molecular weight is 340 g/mol. The standard InChI is InChI=1S/C13H16N4O3S2/c1-16-9-10(8-14-16)15-13(18)11-4-2-6-17(11)22(19,20)12-5-3-7-21-12/h3,5,7-9,11H,2,4,6H2,1H3,(H,15,18)/t11-/m0/s1. The van der Waals surface area contributed by atoms with Gasteiger partial charge in [-0.3, -0.25) is 9.48 Å². The van der Waals surface area contributed by atoms with Gasteiger partial charge in [-0.05, 0) is 24.3 Å². The van der Waals surface area contributed by atoms with Gasteiger partial charge in [-0.25, -0.2) is 8.42 Å². The van der Waals surface area contributed by atoms with Crippen molar-refractivity contribution in [3.8, 4) is 0 Å². The molecule has 1 N–H and O–H groups in total. The summed E-state index contributed by atoms with van der Waals surface area (Å²) in [5.41, 5.74) is 0.563. The number of amides is 1. The first-order valence-corrected chi connectivity index (χ1v) is 9.15. The fraction of sp³-hybridized carbons (Fsp3) is 0.385. The summed E-state index contributed by atoms with van der Waals surface area (Å²) in [6, 6.07) is 2.58. The SMILES string of the molecule is Cn1cc(NC(=O)[C@@H]2CCCN2S(=O)(=O)c2cccs2)cn1. The van der Waals surface area contributed by atoms with Crippen molar-refractivity contribution in [2.45, 2.75) is 23.1 Å². The van der Waals surface area contributed by atoms with Gasteiger partial charge in [0.25, 0.3) is 10.0 Å². The molecular formula is C13H16N4O3S2. The summed E-state index contributed by atoms with van der Waals surface area (Å²) in [6.07, 6.45) is 4.41. The Hall–Kier alpha value is -1.71. The summed E-state index contributed by atoms with van der Waals surface area (Å²) in [7, 11) is -1.86. The second-order valence-electron chi connectivity index (χ2n) is 5.10. The van der Waals surface area contributed by atoms with E-state index < -0.39 is 16.1 Å². The smallest absolute Gasteiger partial charge is 0.253 e. The molecule has 1 atom stereocenters. The topological polar surface area (TPSA) is 84.3 Å². The molecule has 0 aliphatic carbocycles. The Morgan fingerprint density at radius 1 is 1.50 bits per heavy atom. The van der Waals surface area contributed by atoms with E-state index in [9.17, 15) is 13.2 Å². The van der Waals surface area contributed by atoms with Crippen molar-refractivity contribution < 1.29 is 13.2 Å². The predicted octanol–water partition coefficient (Wildman–Crippen LogP) is 1.27. The van der Waals surface area contributed by atoms with Crippen LogP contribution in [-0.4, -0.2) is 41.0 Å². The van der Waals surface area contributed by atoms with Crippen LogP contribution >= 0.6 is 11.3 Å². The van der Waals surface area contributed by atoms with Crippen LogP contribution < -0.4 is 5.32 Å². The highest BCUT2D eigenvalue weighted by Gasteiger charge is 2.39. The first-order chi connectivity index (χ1) is 10.5. The molecule has 3 heterocycles. The molecule has 0 bridgehead atoms. The van der Waals surface area contributed by atoms with Crippen molar-refractivity contribution in [2.24, 2.45) is 7.05 Å². The summed E-state index contributed by atoms with van der Waals surface area (Å²) in [5, 5.41) is 8.42. The van der Waals surface area contributed by atoms with Crippen LogP contribution in [0, 0.1) is 0 Å². The number of anilines is 1. The number of hydrogen-bond acceptors (Lipinski definition) is 5. The Labute approximate surface area is 132 Å². The van der Waals surface area contributed by atoms with Gasteiger partial charge in [0, 0.05) is 19.8 Å². The number of aromatic nitrogens is 2. The van der Waals surface area contributed by atoms with E-state index in [0.717, 1.165) is 11.3 Å². The summed E-state index contributed by atoms with van der Waals surface area (Å²) >= 11 is 1.16. The van der Waals surface area contributed by atoms with E-state index in [1.807, 2.05) is 0 Å². The normalized spacial score (nSPS) is 19.4. The molecule has 0 saturated carbocycles. The number of carbonyl (C=O) groups is 1. The number of hydrogen-bond donors (Lipinski definition) is 1. The molecular weight excluding hydrogens is 324 g/mol. The van der Waals surface area contributed by atoms with Gasteiger partial charge in [0.05, 0.1) is 11.9 Å². The highest BCUT2D eigenvalue weighted by molar-refractivity contribution is 7.91. The first kappa shape index (κ1) is 15.2. The molecule has 7 nitrogen and oxygen atoms in total. The quantitative estimate of drug-likeness (QED) is 0.908. The Bertz CT molecular complexity index is 767. The summed E-state index contributed by atoms with van der Waals surface area (Å²) in [5.74, 6) is -0.314. The molecule has 118 valence electrons. The molecule has 3 rings (SSSR count). The van der Waals surface area contributed by atoms with Crippen LogP contribution in [0.25, 0.3) is 0 Å². The number of rotatable bonds is 4. The third kappa shape index (κ3) is 2.79. The van der Waals surface area contributed by atoms with E-state index in [-0.39, 0.29) is 10.1 Å². The Morgan fingerprint density at radius 2 is 2.32 bits per heavy atom. The second-order valence-corrected chi connectivity index (χ2v) is 8.16. The van der Waals surface area contributed by atoms with Gasteiger partial charge in [0.15, 0.2) is 0 Å². The molecule has 0 radical (unpaired) electrons. The van der Waals surface area contributed by atoms with E-state index in [0.29, 0.717) is 25.1 Å². The number of sulfonamides is 1. The van der Waals surface area contributed by atoms with Crippen molar-refractivity contribution in [1.82, 2.24) is 14.1 Å². The Morgan fingerprint density at radius 3 is 2.95 bits per heavy atom. The van der Waals surface area contributed by atoms with Crippen molar-refractivity contribution >= 4 is 33.0 Å². The van der Waals surface area contributed by atoms with E-state index in [1.165, 1.54) is 10.5 Å². The molecule has 2 aromatic rings. The van der Waals surface area contributed by atoms with E-state index in [1.54, 1.807) is 35.4 Å². The maximum Gasteiger partial charge on any atom is 0.253 e. The average Bonchev–Trinajstić information content (AvgIpc) is 3.20. The Kier molecular flexibility index (Phi) is 4.02. The zero-order valence-corrected chi connectivity index (χ0v) is 13.6. The highest BCUT2D eigenvalue weighted by atomic mass is 32.2. The van der Waals surface area contributed by atoms with Crippen LogP contribution in [0.2, 0.25) is 0 Å². The van der Waals surface area contributed by atoms with E-state index >= 15 is 0 Å². The monoisotopic (exact) mass is 340 g/mol. The number of nitrogens with zero attached hydrogens (tertiary/aromatic N) is 3. The van der Waals surface area contributed by atoms with Crippen molar-refractivity contribution in [3.05, 3.63) is 29.9 Å². The minimum Gasteiger partial charge on any atom is -0.322 e. The lowest BCUT2D eigenvalue weighted by Crippen LogP contribution is -2.42. The van der Waals surface area contributed by atoms with Crippen LogP contribution in [-0.2, 0) is 21.9 Å². The molecule has 1 aliphatic rings. The molecule has 0 spiro atoms. The third-order valence-electron chi connectivity index (χ3n) is 3.54. The summed E-state index contributed by atoms with van der Waals surface area (Å²) in [4.78, 5) is 12.4. The van der Waals surface area contributed by atoms with E-state index in [2.05, 4.69) is 10.4 Å². The van der Waals surface area contributed by atoms with E-state index in [4.69, 9.17) is 0 Å². The maximum atomic E-state index is 12.6. The lowest BCUT2D eigenvalue weighted by atomic mass is 10.2. The van der Waals surface area contributed by atoms with Gasteiger partial charge in [0.1, 0.15) is 10.3 Å². The second kappa shape index (κ2) is 5.82. The molecule has 22 heavy (non-hydrogen) atoms. The van der Waals surface area contributed by atoms with Crippen LogP contribution in [0.4, 0.5) is 5.69 Å². The van der Waals surface area contributed by atoms with Gasteiger partial charge in [-0.2, -0.15) is 9.40 Å². The number of carbonyl (C=O) groups excluding carboxylic acids is 1. The molecule has 0 unspecified atom stereocenters. The lowest BCUT2D eigenvalue weighted by Gasteiger charge is -2.22. The van der Waals surface area contributed by atoms with Crippen LogP contribution in [0.1, 0.15) is 12.8 Å². The number of thiophene rings is 1. The molecule has 1 amide bonds. The number of aryl methyl sites for hydroxylation is 1. The van der Waals surface area contributed by atoms with Crippen molar-refractivity contribution in [1.29, 1.82) is 0 Å². The Balaban J connectivity index is 1.80. The van der Waals surface area contributed by atoms with Gasteiger partial charge in [-0.15, -0.1) is 11.3 Å². The molecule has 1 saturated heterocycles. The highest BCUT2D eigenvalue weighted by Crippen LogP contribution is 2.29.